The Hall–Kier alpha value is -2.96. The first-order valence-corrected chi connectivity index (χ1v) is 7.77. The molecule has 0 saturated heterocycles. The van der Waals surface area contributed by atoms with Crippen molar-refractivity contribution in [3.05, 3.63) is 46.3 Å². The quantitative estimate of drug-likeness (QED) is 0.716. The van der Waals surface area contributed by atoms with Gasteiger partial charge in [-0.25, -0.2) is 9.59 Å². The Kier molecular flexibility index (Phi) is 5.36. The Labute approximate surface area is 145 Å². The minimum absolute atomic E-state index is 0.131. The van der Waals surface area contributed by atoms with Crippen LogP contribution in [-0.2, 0) is 19.1 Å². The van der Waals surface area contributed by atoms with Crippen molar-refractivity contribution in [2.75, 3.05) is 13.7 Å². The van der Waals surface area contributed by atoms with Gasteiger partial charge >= 0.3 is 11.9 Å². The van der Waals surface area contributed by atoms with Crippen molar-refractivity contribution in [1.29, 1.82) is 0 Å². The van der Waals surface area contributed by atoms with Crippen LogP contribution in [0, 0.1) is 0 Å². The zero-order chi connectivity index (χ0) is 18.7. The minimum Gasteiger partial charge on any atom is -0.508 e. The summed E-state index contributed by atoms with van der Waals surface area (Å²) < 4.78 is 9.98. The fourth-order valence-corrected chi connectivity index (χ4v) is 2.94. The second kappa shape index (κ2) is 7.29. The number of rotatable bonds is 4. The molecule has 1 aromatic carbocycles. The van der Waals surface area contributed by atoms with Gasteiger partial charge in [0.2, 0.25) is 0 Å². The molecule has 0 fully saturated rings. The molecule has 1 aliphatic heterocycles. The van der Waals surface area contributed by atoms with Crippen LogP contribution in [0.25, 0.3) is 0 Å². The van der Waals surface area contributed by atoms with Gasteiger partial charge in [0.1, 0.15) is 11.5 Å². The lowest BCUT2D eigenvalue weighted by Crippen LogP contribution is -2.32. The highest BCUT2D eigenvalue weighted by Crippen LogP contribution is 2.43. The number of nitrogens with one attached hydrogen (secondary N) is 1. The van der Waals surface area contributed by atoms with E-state index in [9.17, 15) is 19.8 Å². The molecule has 1 unspecified atom stereocenters. The molecule has 0 aliphatic carbocycles. The predicted octanol–water partition coefficient (Wildman–Crippen LogP) is 2.07. The summed E-state index contributed by atoms with van der Waals surface area (Å²) in [5.74, 6) is -2.48. The zero-order valence-corrected chi connectivity index (χ0v) is 14.5. The largest absolute Gasteiger partial charge is 0.508 e. The van der Waals surface area contributed by atoms with Crippen LogP contribution in [-0.4, -0.2) is 35.9 Å². The maximum Gasteiger partial charge on any atom is 0.336 e. The Morgan fingerprint density at radius 1 is 1.12 bits per heavy atom. The van der Waals surface area contributed by atoms with Gasteiger partial charge in [-0.3, -0.25) is 0 Å². The summed E-state index contributed by atoms with van der Waals surface area (Å²) in [6, 6.07) is 3.99. The average molecular weight is 347 g/mol. The first-order chi connectivity index (χ1) is 11.8. The number of carbonyl (C=O) groups is 2. The molecule has 7 nitrogen and oxygen atoms in total. The predicted molar refractivity (Wildman–Crippen MR) is 89.7 cm³/mol. The van der Waals surface area contributed by atoms with Gasteiger partial charge in [0, 0.05) is 23.0 Å². The van der Waals surface area contributed by atoms with Crippen molar-refractivity contribution in [1.82, 2.24) is 5.32 Å². The van der Waals surface area contributed by atoms with Crippen molar-refractivity contribution in [2.24, 2.45) is 0 Å². The number of benzene rings is 1. The summed E-state index contributed by atoms with van der Waals surface area (Å²) in [7, 11) is 1.24. The summed E-state index contributed by atoms with van der Waals surface area (Å²) in [4.78, 5) is 24.9. The van der Waals surface area contributed by atoms with Crippen molar-refractivity contribution in [2.45, 2.75) is 26.7 Å². The molecule has 0 amide bonds. The average Bonchev–Trinajstić information content (AvgIpc) is 2.53. The molecular formula is C18H21NO6. The van der Waals surface area contributed by atoms with Crippen molar-refractivity contribution in [3.63, 3.8) is 0 Å². The molecule has 1 aliphatic rings. The van der Waals surface area contributed by atoms with E-state index in [1.807, 2.05) is 0 Å². The molecule has 134 valence electrons. The van der Waals surface area contributed by atoms with Gasteiger partial charge in [-0.15, -0.1) is 0 Å². The molecule has 0 radical (unpaired) electrons. The third-order valence-electron chi connectivity index (χ3n) is 3.99. The molecule has 7 heteroatoms. The normalized spacial score (nSPS) is 17.2. The van der Waals surface area contributed by atoms with E-state index in [2.05, 4.69) is 5.32 Å². The van der Waals surface area contributed by atoms with E-state index in [1.165, 1.54) is 19.2 Å². The fourth-order valence-electron chi connectivity index (χ4n) is 2.94. The molecule has 0 aromatic heterocycles. The first kappa shape index (κ1) is 18.4. The summed E-state index contributed by atoms with van der Waals surface area (Å²) in [6.45, 7) is 5.22. The van der Waals surface area contributed by atoms with E-state index < -0.39 is 17.9 Å². The number of allylic oxidation sites excluding steroid dienone is 2. The van der Waals surface area contributed by atoms with Gasteiger partial charge in [-0.05, 0) is 26.8 Å². The number of esters is 2. The Morgan fingerprint density at radius 2 is 1.72 bits per heavy atom. The van der Waals surface area contributed by atoms with Crippen LogP contribution < -0.4 is 5.32 Å². The molecule has 0 spiro atoms. The van der Waals surface area contributed by atoms with Crippen molar-refractivity contribution >= 4 is 11.9 Å². The van der Waals surface area contributed by atoms with Crippen LogP contribution in [0.4, 0.5) is 0 Å². The lowest BCUT2D eigenvalue weighted by atomic mass is 9.80. The summed E-state index contributed by atoms with van der Waals surface area (Å²) in [5, 5.41) is 22.8. The van der Waals surface area contributed by atoms with Gasteiger partial charge in [0.25, 0.3) is 0 Å². The number of phenolic OH excluding ortho intramolecular Hbond substituents is 2. The zero-order valence-electron chi connectivity index (χ0n) is 14.5. The minimum atomic E-state index is -0.881. The highest BCUT2D eigenvalue weighted by atomic mass is 16.5. The second-order valence-electron chi connectivity index (χ2n) is 5.59. The number of dihydropyridines is 1. The topological polar surface area (TPSA) is 105 Å². The highest BCUT2D eigenvalue weighted by Gasteiger charge is 2.38. The number of aromatic hydroxyl groups is 2. The molecule has 25 heavy (non-hydrogen) atoms. The summed E-state index contributed by atoms with van der Waals surface area (Å²) >= 11 is 0. The van der Waals surface area contributed by atoms with E-state index in [0.717, 1.165) is 6.07 Å². The smallest absolute Gasteiger partial charge is 0.336 e. The van der Waals surface area contributed by atoms with E-state index in [1.54, 1.807) is 20.8 Å². The number of carbonyl (C=O) groups excluding carboxylic acids is 2. The van der Waals surface area contributed by atoms with E-state index in [4.69, 9.17) is 9.47 Å². The lowest BCUT2D eigenvalue weighted by molar-refractivity contribution is -0.139. The molecule has 1 atom stereocenters. The maximum atomic E-state index is 12.5. The Bertz CT molecular complexity index is 778. The fraction of sp³-hybridized carbons (Fsp3) is 0.333. The van der Waals surface area contributed by atoms with Gasteiger partial charge in [0.05, 0.1) is 30.8 Å². The second-order valence-corrected chi connectivity index (χ2v) is 5.59. The number of methoxy groups -OCH3 is 1. The molecule has 0 saturated carbocycles. The SMILES string of the molecule is CCOC(=O)C1=C(C)NC(C)=C(C(=O)OC)C1c1ccc(O)cc1O. The highest BCUT2D eigenvalue weighted by molar-refractivity contribution is 6.00. The third kappa shape index (κ3) is 3.45. The van der Waals surface area contributed by atoms with Crippen molar-refractivity contribution in [3.8, 4) is 11.5 Å². The number of phenols is 2. The number of ether oxygens (including phenoxy) is 2. The van der Waals surface area contributed by atoms with Gasteiger partial charge in [-0.2, -0.15) is 0 Å². The Balaban J connectivity index is 2.71. The van der Waals surface area contributed by atoms with Crippen LogP contribution in [0.5, 0.6) is 11.5 Å². The molecule has 3 N–H and O–H groups in total. The van der Waals surface area contributed by atoms with Crippen LogP contribution >= 0.6 is 0 Å². The van der Waals surface area contributed by atoms with Crippen LogP contribution in [0.1, 0.15) is 32.3 Å². The van der Waals surface area contributed by atoms with Gasteiger partial charge in [-0.1, -0.05) is 6.07 Å². The lowest BCUT2D eigenvalue weighted by Gasteiger charge is -2.30. The van der Waals surface area contributed by atoms with Crippen LogP contribution in [0.15, 0.2) is 40.7 Å². The van der Waals surface area contributed by atoms with Crippen molar-refractivity contribution < 1.29 is 29.3 Å². The van der Waals surface area contributed by atoms with Gasteiger partial charge in [0.15, 0.2) is 0 Å². The summed E-state index contributed by atoms with van der Waals surface area (Å²) in [6.07, 6.45) is 0. The number of hydrogen-bond donors (Lipinski definition) is 3. The van der Waals surface area contributed by atoms with Crippen LogP contribution in [0.2, 0.25) is 0 Å². The molecule has 1 aromatic rings. The van der Waals surface area contributed by atoms with Crippen LogP contribution in [0.3, 0.4) is 0 Å². The van der Waals surface area contributed by atoms with E-state index in [-0.39, 0.29) is 29.3 Å². The molecule has 0 bridgehead atoms. The standard InChI is InChI=1S/C18H21NO6/c1-5-25-18(23)15-10(3)19-9(2)14(17(22)24-4)16(15)12-7-6-11(20)8-13(12)21/h6-8,16,19-21H,5H2,1-4H3. The molecule has 2 rings (SSSR count). The van der Waals surface area contributed by atoms with E-state index >= 15 is 0 Å². The number of hydrogen-bond acceptors (Lipinski definition) is 7. The third-order valence-corrected chi connectivity index (χ3v) is 3.99. The van der Waals surface area contributed by atoms with E-state index in [0.29, 0.717) is 17.0 Å². The Morgan fingerprint density at radius 3 is 2.24 bits per heavy atom. The molecular weight excluding hydrogens is 326 g/mol. The molecule has 1 heterocycles. The monoisotopic (exact) mass is 347 g/mol. The maximum absolute atomic E-state index is 12.5. The first-order valence-electron chi connectivity index (χ1n) is 7.77. The van der Waals surface area contributed by atoms with Gasteiger partial charge < -0.3 is 25.0 Å². The summed E-state index contributed by atoms with van der Waals surface area (Å²) in [5.41, 5.74) is 1.71.